The minimum atomic E-state index is -5.06. The number of amides is 1. The first kappa shape index (κ1) is 26.6. The maximum absolute atomic E-state index is 12.1. The lowest BCUT2D eigenvalue weighted by Gasteiger charge is -2.42. The van der Waals surface area contributed by atoms with Crippen molar-refractivity contribution >= 4 is 19.7 Å². The summed E-state index contributed by atoms with van der Waals surface area (Å²) in [6, 6.07) is 0. The first-order chi connectivity index (χ1) is 15.1. The van der Waals surface area contributed by atoms with Gasteiger partial charge in [0.05, 0.1) is 5.57 Å². The molecule has 0 radical (unpaired) electrons. The molecule has 0 aromatic heterocycles. The number of phosphoric ester groups is 1. The molecule has 1 fully saturated rings. The Bertz CT molecular complexity index is 1070. The van der Waals surface area contributed by atoms with E-state index in [4.69, 9.17) is 9.79 Å². The predicted molar refractivity (Wildman–Crippen MR) is 126 cm³/mol. The zero-order chi connectivity index (χ0) is 25.2. The van der Waals surface area contributed by atoms with Crippen LogP contribution in [-0.4, -0.2) is 32.3 Å². The van der Waals surface area contributed by atoms with Crippen molar-refractivity contribution in [2.75, 3.05) is 0 Å². The molecule has 0 saturated carbocycles. The summed E-state index contributed by atoms with van der Waals surface area (Å²) in [6.07, 6.45) is 12.7. The number of carboxylic acids is 1. The van der Waals surface area contributed by atoms with Gasteiger partial charge in [-0.05, 0) is 56.6 Å². The van der Waals surface area contributed by atoms with Gasteiger partial charge in [-0.15, -0.1) is 0 Å². The lowest BCUT2D eigenvalue weighted by atomic mass is 9.72. The van der Waals surface area contributed by atoms with Gasteiger partial charge in [0.2, 0.25) is 5.54 Å². The normalized spacial score (nSPS) is 25.2. The highest BCUT2D eigenvalue weighted by Gasteiger charge is 2.60. The fraction of sp³-hybridized carbons (Fsp3) is 0.417. The Balaban J connectivity index is 2.28. The highest BCUT2D eigenvalue weighted by atomic mass is 31.2. The number of hydrogen-bond acceptors (Lipinski definition) is 4. The molecule has 180 valence electrons. The number of nitrogens with one attached hydrogen (secondary N) is 1. The van der Waals surface area contributed by atoms with E-state index in [-0.39, 0.29) is 11.0 Å². The smallest absolute Gasteiger partial charge is 0.479 e. The van der Waals surface area contributed by atoms with Gasteiger partial charge < -0.3 is 14.9 Å². The van der Waals surface area contributed by atoms with Gasteiger partial charge in [0.15, 0.2) is 0 Å². The van der Waals surface area contributed by atoms with Crippen molar-refractivity contribution in [2.24, 2.45) is 5.41 Å². The van der Waals surface area contributed by atoms with Crippen LogP contribution in [0.4, 0.5) is 0 Å². The Labute approximate surface area is 194 Å². The van der Waals surface area contributed by atoms with Crippen LogP contribution in [0.25, 0.3) is 0 Å². The van der Waals surface area contributed by atoms with E-state index >= 15 is 0 Å². The second-order valence-electron chi connectivity index (χ2n) is 9.11. The largest absolute Gasteiger partial charge is 0.524 e. The number of hydrogen-bond donors (Lipinski definition) is 4. The van der Waals surface area contributed by atoms with Crippen LogP contribution in [0.3, 0.4) is 0 Å². The molecule has 1 atom stereocenters. The van der Waals surface area contributed by atoms with E-state index in [1.54, 1.807) is 12.2 Å². The molecule has 0 bridgehead atoms. The predicted octanol–water partition coefficient (Wildman–Crippen LogP) is 4.46. The molecule has 8 nitrogen and oxygen atoms in total. The highest BCUT2D eigenvalue weighted by Crippen LogP contribution is 2.46. The standard InChI is InChI=1S/C24H32NO7P/c1-15(12-13-19-16(2)11-8-14-23(19,5)6)9-7-10-17(3)20-21(26)25-24(20,22(27)28)18(4)32-33(29,30)31/h7,9-10,12-13H,4,8,11,14H2,1-3,5-6H3,(H,25,26)(H,27,28)(H2,29,30,31)/b10-7+,13-12+,15-9+,20-17+. The summed E-state index contributed by atoms with van der Waals surface area (Å²) in [5.41, 5.74) is 1.69. The summed E-state index contributed by atoms with van der Waals surface area (Å²) in [7, 11) is -5.06. The minimum absolute atomic E-state index is 0.130. The van der Waals surface area contributed by atoms with Crippen molar-refractivity contribution < 1.29 is 33.6 Å². The number of rotatable bonds is 8. The van der Waals surface area contributed by atoms with Gasteiger partial charge in [-0.2, -0.15) is 0 Å². The van der Waals surface area contributed by atoms with Crippen LogP contribution in [0, 0.1) is 5.41 Å². The van der Waals surface area contributed by atoms with E-state index in [0.29, 0.717) is 5.57 Å². The third kappa shape index (κ3) is 5.82. The zero-order valence-corrected chi connectivity index (χ0v) is 20.5. The number of β-lactam (4-membered cyclic amide) rings is 1. The van der Waals surface area contributed by atoms with Crippen molar-refractivity contribution in [3.63, 3.8) is 0 Å². The molecule has 1 amide bonds. The number of allylic oxidation sites excluding steroid dienone is 9. The highest BCUT2D eigenvalue weighted by molar-refractivity contribution is 7.46. The molecule has 0 aromatic carbocycles. The number of phosphoric acid groups is 1. The molecule has 2 aliphatic rings. The molecule has 2 rings (SSSR count). The van der Waals surface area contributed by atoms with Gasteiger partial charge in [0.1, 0.15) is 5.76 Å². The van der Waals surface area contributed by atoms with Crippen molar-refractivity contribution in [2.45, 2.75) is 59.4 Å². The Morgan fingerprint density at radius 3 is 2.39 bits per heavy atom. The first-order valence-electron chi connectivity index (χ1n) is 10.6. The number of carbonyl (C=O) groups excluding carboxylic acids is 1. The molecule has 0 aromatic rings. The SMILES string of the molecule is C=C(OP(=O)(O)O)C1(C(=O)O)NC(=O)\C1=C(C)/C=C/C=C(C)/C=C/C1=C(C)CCCC1(C)C. The van der Waals surface area contributed by atoms with Crippen molar-refractivity contribution in [3.8, 4) is 0 Å². The van der Waals surface area contributed by atoms with E-state index in [1.165, 1.54) is 24.5 Å². The average Bonchev–Trinajstić information content (AvgIpc) is 2.62. The van der Waals surface area contributed by atoms with Gasteiger partial charge >= 0.3 is 13.8 Å². The maximum Gasteiger partial charge on any atom is 0.524 e. The lowest BCUT2D eigenvalue weighted by molar-refractivity contribution is -0.149. The van der Waals surface area contributed by atoms with Crippen molar-refractivity contribution in [3.05, 3.63) is 70.6 Å². The fourth-order valence-corrected chi connectivity index (χ4v) is 4.71. The van der Waals surface area contributed by atoms with Crippen LogP contribution in [0.15, 0.2) is 70.6 Å². The summed E-state index contributed by atoms with van der Waals surface area (Å²) in [6.45, 7) is 13.4. The van der Waals surface area contributed by atoms with E-state index in [1.807, 2.05) is 19.1 Å². The third-order valence-electron chi connectivity index (χ3n) is 6.03. The Kier molecular flexibility index (Phi) is 7.79. The second-order valence-corrected chi connectivity index (χ2v) is 10.3. The van der Waals surface area contributed by atoms with Crippen molar-refractivity contribution in [1.29, 1.82) is 0 Å². The molecule has 1 aliphatic heterocycles. The van der Waals surface area contributed by atoms with Crippen LogP contribution >= 0.6 is 7.82 Å². The van der Waals surface area contributed by atoms with Gasteiger partial charge in [0, 0.05) is 0 Å². The Hall–Kier alpha value is -2.67. The molecule has 1 aliphatic carbocycles. The van der Waals surface area contributed by atoms with Crippen LogP contribution < -0.4 is 5.32 Å². The minimum Gasteiger partial charge on any atom is -0.479 e. The monoisotopic (exact) mass is 477 g/mol. The van der Waals surface area contributed by atoms with Gasteiger partial charge in [-0.25, -0.2) is 9.36 Å². The Morgan fingerprint density at radius 2 is 1.88 bits per heavy atom. The number of aliphatic carboxylic acids is 1. The molecular weight excluding hydrogens is 445 g/mol. The maximum atomic E-state index is 12.1. The second kappa shape index (κ2) is 9.67. The topological polar surface area (TPSA) is 133 Å². The van der Waals surface area contributed by atoms with E-state index in [0.717, 1.165) is 18.4 Å². The lowest BCUT2D eigenvalue weighted by Crippen LogP contribution is -2.69. The summed E-state index contributed by atoms with van der Waals surface area (Å²) in [5, 5.41) is 11.8. The fourth-order valence-electron chi connectivity index (χ4n) is 4.29. The third-order valence-corrected chi connectivity index (χ3v) is 6.48. The van der Waals surface area contributed by atoms with Crippen molar-refractivity contribution in [1.82, 2.24) is 5.32 Å². The summed E-state index contributed by atoms with van der Waals surface area (Å²) in [5.74, 6) is -3.01. The molecular formula is C24H32NO7P. The van der Waals surface area contributed by atoms with Gasteiger partial charge in [-0.3, -0.25) is 14.6 Å². The van der Waals surface area contributed by atoms with E-state index in [2.05, 4.69) is 43.3 Å². The first-order valence-corrected chi connectivity index (χ1v) is 12.1. The van der Waals surface area contributed by atoms with Gasteiger partial charge in [0.25, 0.3) is 5.91 Å². The van der Waals surface area contributed by atoms with Crippen LogP contribution in [0.1, 0.15) is 53.9 Å². The molecule has 1 heterocycles. The van der Waals surface area contributed by atoms with Crippen LogP contribution in [0.5, 0.6) is 0 Å². The summed E-state index contributed by atoms with van der Waals surface area (Å²) in [4.78, 5) is 42.1. The Morgan fingerprint density at radius 1 is 1.24 bits per heavy atom. The molecule has 33 heavy (non-hydrogen) atoms. The molecule has 0 spiro atoms. The molecule has 1 saturated heterocycles. The van der Waals surface area contributed by atoms with Crippen LogP contribution in [-0.2, 0) is 18.7 Å². The zero-order valence-electron chi connectivity index (χ0n) is 19.6. The average molecular weight is 477 g/mol. The number of carboxylic acid groups (broad SMARTS) is 1. The summed E-state index contributed by atoms with van der Waals surface area (Å²) >= 11 is 0. The van der Waals surface area contributed by atoms with E-state index < -0.39 is 31.0 Å². The van der Waals surface area contributed by atoms with E-state index in [9.17, 15) is 19.3 Å². The molecule has 1 unspecified atom stereocenters. The molecule has 4 N–H and O–H groups in total. The quantitative estimate of drug-likeness (QED) is 0.133. The van der Waals surface area contributed by atoms with Gasteiger partial charge in [-0.1, -0.05) is 62.0 Å². The summed E-state index contributed by atoms with van der Waals surface area (Å²) < 4.78 is 15.5. The number of carbonyl (C=O) groups is 2. The van der Waals surface area contributed by atoms with Crippen LogP contribution in [0.2, 0.25) is 0 Å². The molecule has 9 heteroatoms.